The number of fused-ring (bicyclic) bond motifs is 5. The lowest BCUT2D eigenvalue weighted by atomic mass is 9.91. The van der Waals surface area contributed by atoms with E-state index in [-0.39, 0.29) is 0 Å². The summed E-state index contributed by atoms with van der Waals surface area (Å²) in [4.78, 5) is 0. The van der Waals surface area contributed by atoms with Gasteiger partial charge in [-0.15, -0.1) is 0 Å². The van der Waals surface area contributed by atoms with Crippen molar-refractivity contribution < 1.29 is 30.9 Å². The van der Waals surface area contributed by atoms with Crippen LogP contribution in [0.25, 0.3) is 55.4 Å². The molecule has 0 saturated carbocycles. The van der Waals surface area contributed by atoms with Crippen LogP contribution in [-0.2, 0) is 18.9 Å². The largest absolute Gasteiger partial charge is 0.416 e. The van der Waals surface area contributed by atoms with Crippen LogP contribution in [-0.4, -0.2) is 0 Å². The zero-order chi connectivity index (χ0) is 29.9. The molecule has 0 unspecified atom stereocenters. The highest BCUT2D eigenvalue weighted by molar-refractivity contribution is 5.95. The predicted octanol–water partition coefficient (Wildman–Crippen LogP) is 10.2. The van der Waals surface area contributed by atoms with E-state index in [0.29, 0.717) is 22.3 Å². The Balaban J connectivity index is 1.38. The van der Waals surface area contributed by atoms with Crippen LogP contribution < -0.4 is 4.57 Å². The van der Waals surface area contributed by atoms with Crippen molar-refractivity contribution in [3.8, 4) is 44.6 Å². The summed E-state index contributed by atoms with van der Waals surface area (Å²) >= 11 is 0. The first-order valence-corrected chi connectivity index (χ1v) is 13.6. The van der Waals surface area contributed by atoms with Gasteiger partial charge in [-0.25, -0.2) is 0 Å². The van der Waals surface area contributed by atoms with Crippen molar-refractivity contribution in [3.05, 3.63) is 138 Å². The highest BCUT2D eigenvalue weighted by atomic mass is 19.4. The second-order valence-electron chi connectivity index (χ2n) is 10.7. The Morgan fingerprint density at radius 1 is 0.488 bits per heavy atom. The summed E-state index contributed by atoms with van der Waals surface area (Å²) in [5, 5.41) is 2.26. The van der Waals surface area contributed by atoms with E-state index >= 15 is 0 Å². The predicted molar refractivity (Wildman–Crippen MR) is 155 cm³/mol. The smallest absolute Gasteiger partial charge is 0.193 e. The Kier molecular flexibility index (Phi) is 6.16. The second kappa shape index (κ2) is 9.83. The molecule has 1 aromatic heterocycles. The molecule has 0 bridgehead atoms. The molecule has 2 heterocycles. The fourth-order valence-electron chi connectivity index (χ4n) is 5.82. The molecule has 212 valence electrons. The van der Waals surface area contributed by atoms with Gasteiger partial charge >= 0.3 is 12.4 Å². The fourth-order valence-corrected chi connectivity index (χ4v) is 5.82. The van der Waals surface area contributed by atoms with Crippen molar-refractivity contribution >= 4 is 10.8 Å². The topological polar surface area (TPSA) is 3.88 Å². The molecule has 7 rings (SSSR count). The Labute approximate surface area is 243 Å². The number of halogens is 6. The molecule has 0 saturated heterocycles. The Bertz CT molecular complexity index is 1930. The quantitative estimate of drug-likeness (QED) is 0.144. The molecule has 1 nitrogen and oxygen atoms in total. The molecule has 1 aliphatic rings. The van der Waals surface area contributed by atoms with E-state index in [4.69, 9.17) is 0 Å². The molecule has 0 radical (unpaired) electrons. The number of alkyl halides is 6. The van der Waals surface area contributed by atoms with E-state index in [1.165, 1.54) is 29.8 Å². The highest BCUT2D eigenvalue weighted by Crippen LogP contribution is 2.39. The first-order chi connectivity index (χ1) is 20.5. The molecule has 6 aromatic rings. The molecule has 0 spiro atoms. The molecule has 0 aliphatic carbocycles. The standard InChI is InChI=1S/C36H22F6N/c37-35(38,39)30-11-7-22(8-12-30)27-17-28(23-9-13-31(14-10-23)36(40,41)42)19-29(18-27)25-5-6-26-21-43-16-15-24-3-1-2-4-32(24)34(43)33(26)20-25/h1-20H,21H2/q+1. The lowest BCUT2D eigenvalue weighted by Gasteiger charge is -2.14. The molecule has 0 amide bonds. The van der Waals surface area contributed by atoms with Gasteiger partial charge in [-0.2, -0.15) is 30.9 Å². The van der Waals surface area contributed by atoms with Gasteiger partial charge in [-0.05, 0) is 93.4 Å². The van der Waals surface area contributed by atoms with Crippen molar-refractivity contribution in [3.63, 3.8) is 0 Å². The molecule has 5 aromatic carbocycles. The first kappa shape index (κ1) is 27.0. The number of hydrogen-bond acceptors (Lipinski definition) is 0. The summed E-state index contributed by atoms with van der Waals surface area (Å²) in [7, 11) is 0. The van der Waals surface area contributed by atoms with Gasteiger partial charge in [0, 0.05) is 11.6 Å². The summed E-state index contributed by atoms with van der Waals surface area (Å²) < 4.78 is 81.6. The minimum absolute atomic E-state index is 0.566. The Morgan fingerprint density at radius 2 is 1.00 bits per heavy atom. The molecule has 43 heavy (non-hydrogen) atoms. The van der Waals surface area contributed by atoms with Crippen LogP contribution in [0.3, 0.4) is 0 Å². The van der Waals surface area contributed by atoms with E-state index in [0.717, 1.165) is 64.0 Å². The zero-order valence-electron chi connectivity index (χ0n) is 22.5. The molecule has 0 N–H and O–H groups in total. The Morgan fingerprint density at radius 3 is 1.56 bits per heavy atom. The van der Waals surface area contributed by atoms with E-state index in [1.54, 1.807) is 6.07 Å². The number of hydrogen-bond donors (Lipinski definition) is 0. The Hall–Kier alpha value is -4.91. The number of benzene rings is 5. The van der Waals surface area contributed by atoms with Crippen LogP contribution >= 0.6 is 0 Å². The maximum absolute atomic E-state index is 13.2. The summed E-state index contributed by atoms with van der Waals surface area (Å²) in [6.07, 6.45) is -6.85. The van der Waals surface area contributed by atoms with Gasteiger partial charge in [0.05, 0.1) is 22.1 Å². The molecular formula is C36H22F6N+. The van der Waals surface area contributed by atoms with Gasteiger partial charge in [-0.1, -0.05) is 54.6 Å². The maximum Gasteiger partial charge on any atom is 0.416 e. The third-order valence-electron chi connectivity index (χ3n) is 8.00. The number of pyridine rings is 1. The van der Waals surface area contributed by atoms with E-state index in [2.05, 4.69) is 41.1 Å². The van der Waals surface area contributed by atoms with Crippen molar-refractivity contribution in [2.24, 2.45) is 0 Å². The van der Waals surface area contributed by atoms with Gasteiger partial charge in [-0.3, -0.25) is 0 Å². The number of rotatable bonds is 3. The van der Waals surface area contributed by atoms with E-state index in [1.807, 2.05) is 30.3 Å². The maximum atomic E-state index is 13.2. The van der Waals surface area contributed by atoms with Crippen molar-refractivity contribution in [1.29, 1.82) is 0 Å². The van der Waals surface area contributed by atoms with Crippen molar-refractivity contribution in [2.75, 3.05) is 0 Å². The molecule has 0 atom stereocenters. The minimum atomic E-state index is -4.46. The fraction of sp³-hybridized carbons (Fsp3) is 0.0833. The van der Waals surface area contributed by atoms with Gasteiger partial charge < -0.3 is 0 Å². The average Bonchev–Trinajstić information content (AvgIpc) is 3.39. The van der Waals surface area contributed by atoms with Gasteiger partial charge in [0.2, 0.25) is 5.69 Å². The second-order valence-corrected chi connectivity index (χ2v) is 10.7. The number of nitrogens with zero attached hydrogens (tertiary/aromatic N) is 1. The van der Waals surface area contributed by atoms with E-state index < -0.39 is 23.5 Å². The van der Waals surface area contributed by atoms with Crippen molar-refractivity contribution in [2.45, 2.75) is 18.9 Å². The SMILES string of the molecule is FC(F)(F)c1ccc(-c2cc(-c3ccc(C(F)(F)F)cc3)cc(-c3ccc4c(c3)-c3c5ccccc5cc[n+]3C4)c2)cc1. The third kappa shape index (κ3) is 4.95. The zero-order valence-corrected chi connectivity index (χ0v) is 22.5. The van der Waals surface area contributed by atoms with Crippen LogP contribution in [0.4, 0.5) is 26.3 Å². The van der Waals surface area contributed by atoms with Gasteiger partial charge in [0.15, 0.2) is 12.7 Å². The minimum Gasteiger partial charge on any atom is -0.193 e. The van der Waals surface area contributed by atoms with Crippen LogP contribution in [0.1, 0.15) is 16.7 Å². The molecular weight excluding hydrogens is 560 g/mol. The van der Waals surface area contributed by atoms with Crippen LogP contribution in [0.2, 0.25) is 0 Å². The lowest BCUT2D eigenvalue weighted by Crippen LogP contribution is -2.31. The van der Waals surface area contributed by atoms with E-state index in [9.17, 15) is 26.3 Å². The first-order valence-electron chi connectivity index (χ1n) is 13.6. The van der Waals surface area contributed by atoms with Crippen LogP contribution in [0, 0.1) is 0 Å². The summed E-state index contributed by atoms with van der Waals surface area (Å²) in [5.41, 5.74) is 5.99. The van der Waals surface area contributed by atoms with Crippen LogP contribution in [0.15, 0.2) is 121 Å². The molecule has 0 fully saturated rings. The van der Waals surface area contributed by atoms with Crippen LogP contribution in [0.5, 0.6) is 0 Å². The molecule has 1 aliphatic heterocycles. The van der Waals surface area contributed by atoms with Crippen molar-refractivity contribution in [1.82, 2.24) is 0 Å². The summed E-state index contributed by atoms with van der Waals surface area (Å²) in [6, 6.07) is 31.9. The summed E-state index contributed by atoms with van der Waals surface area (Å²) in [6.45, 7) is 0.734. The normalized spacial score (nSPS) is 12.8. The van der Waals surface area contributed by atoms with Gasteiger partial charge in [0.1, 0.15) is 0 Å². The lowest BCUT2D eigenvalue weighted by molar-refractivity contribution is -0.671. The van der Waals surface area contributed by atoms with Gasteiger partial charge in [0.25, 0.3) is 0 Å². The third-order valence-corrected chi connectivity index (χ3v) is 8.00. The average molecular weight is 583 g/mol. The monoisotopic (exact) mass is 582 g/mol. The number of aromatic nitrogens is 1. The highest BCUT2D eigenvalue weighted by Gasteiger charge is 2.31. The molecule has 7 heteroatoms. The summed E-state index contributed by atoms with van der Waals surface area (Å²) in [5.74, 6) is 0.